The molecule has 154 valence electrons. The number of urea groups is 1. The summed E-state index contributed by atoms with van der Waals surface area (Å²) >= 11 is 0. The maximum Gasteiger partial charge on any atom is 0.326 e. The summed E-state index contributed by atoms with van der Waals surface area (Å²) in [5.74, 6) is -1.03. The van der Waals surface area contributed by atoms with Crippen molar-refractivity contribution in [1.82, 2.24) is 10.2 Å². The summed E-state index contributed by atoms with van der Waals surface area (Å²) in [6.07, 6.45) is -1.41. The minimum atomic E-state index is -1.95. The molecule has 0 aromatic rings. The molecule has 27 heavy (non-hydrogen) atoms. The molecule has 4 atom stereocenters. The Bertz CT molecular complexity index is 617. The molecular weight excluding hydrogens is 368 g/mol. The number of carbonyl (C=O) groups excluding carboxylic acids is 2. The summed E-state index contributed by atoms with van der Waals surface area (Å²) in [5.41, 5.74) is 0. The molecule has 0 unspecified atom stereocenters. The number of imide groups is 1. The first-order valence-electron chi connectivity index (χ1n) is 9.56. The number of fused-ring (bicyclic) bond motifs is 1. The van der Waals surface area contributed by atoms with Crippen molar-refractivity contribution in [3.05, 3.63) is 0 Å². The van der Waals surface area contributed by atoms with E-state index in [-0.39, 0.29) is 29.6 Å². The van der Waals surface area contributed by atoms with E-state index in [0.29, 0.717) is 13.2 Å². The Hall–Kier alpha value is -1.00. The molecule has 9 heteroatoms. The standard InChI is InChI=1S/C18H32N2O6Si/c1-17(2,3)27(6,7)23-10-11-13-14(26-18(4,5)25-13)15(24-11)20-9-8-12(21)19-16(20)22/h11,13-15H,8-10H2,1-7H3,(H,19,21,22)/t11-,13-,14-,15-/m1/s1. The van der Waals surface area contributed by atoms with Crippen LogP contribution >= 0.6 is 0 Å². The van der Waals surface area contributed by atoms with Gasteiger partial charge in [0.2, 0.25) is 5.91 Å². The first-order valence-corrected chi connectivity index (χ1v) is 12.5. The molecule has 0 bridgehead atoms. The van der Waals surface area contributed by atoms with Gasteiger partial charge in [0.1, 0.15) is 18.3 Å². The average Bonchev–Trinajstić information content (AvgIpc) is 2.98. The van der Waals surface area contributed by atoms with Crippen LogP contribution in [-0.4, -0.2) is 68.6 Å². The molecule has 3 heterocycles. The van der Waals surface area contributed by atoms with E-state index in [9.17, 15) is 9.59 Å². The van der Waals surface area contributed by atoms with Crippen LogP contribution in [0, 0.1) is 0 Å². The van der Waals surface area contributed by atoms with Crippen LogP contribution in [0.2, 0.25) is 18.1 Å². The number of hydrogen-bond donors (Lipinski definition) is 1. The van der Waals surface area contributed by atoms with Gasteiger partial charge in [-0.2, -0.15) is 0 Å². The van der Waals surface area contributed by atoms with E-state index in [4.69, 9.17) is 18.6 Å². The molecule has 0 aromatic heterocycles. The van der Waals surface area contributed by atoms with Crippen molar-refractivity contribution in [3.63, 3.8) is 0 Å². The molecule has 8 nitrogen and oxygen atoms in total. The number of carbonyl (C=O) groups is 2. The van der Waals surface area contributed by atoms with Gasteiger partial charge in [0.05, 0.1) is 6.61 Å². The van der Waals surface area contributed by atoms with E-state index in [1.165, 1.54) is 4.90 Å². The first-order chi connectivity index (χ1) is 12.3. The molecule has 0 saturated carbocycles. The van der Waals surface area contributed by atoms with Gasteiger partial charge in [-0.1, -0.05) is 20.8 Å². The summed E-state index contributed by atoms with van der Waals surface area (Å²) in [6.45, 7) is 15.4. The minimum absolute atomic E-state index is 0.0871. The zero-order valence-electron chi connectivity index (χ0n) is 17.3. The summed E-state index contributed by atoms with van der Waals surface area (Å²) < 4.78 is 24.6. The highest BCUT2D eigenvalue weighted by atomic mass is 28.4. The average molecular weight is 401 g/mol. The van der Waals surface area contributed by atoms with Gasteiger partial charge < -0.3 is 18.6 Å². The molecule has 3 fully saturated rings. The van der Waals surface area contributed by atoms with Gasteiger partial charge in [-0.25, -0.2) is 4.79 Å². The lowest BCUT2D eigenvalue weighted by Crippen LogP contribution is -2.56. The number of nitrogens with one attached hydrogen (secondary N) is 1. The number of amides is 3. The zero-order chi connectivity index (χ0) is 20.2. The van der Waals surface area contributed by atoms with Gasteiger partial charge in [0.25, 0.3) is 0 Å². The number of nitrogens with zero attached hydrogens (tertiary/aromatic N) is 1. The molecule has 0 aliphatic carbocycles. The zero-order valence-corrected chi connectivity index (χ0v) is 18.3. The molecule has 3 aliphatic rings. The van der Waals surface area contributed by atoms with Gasteiger partial charge in [0, 0.05) is 13.0 Å². The van der Waals surface area contributed by atoms with E-state index in [2.05, 4.69) is 39.2 Å². The Kier molecular flexibility index (Phi) is 5.22. The molecule has 1 N–H and O–H groups in total. The van der Waals surface area contributed by atoms with Crippen molar-refractivity contribution in [2.75, 3.05) is 13.2 Å². The largest absolute Gasteiger partial charge is 0.414 e. The van der Waals surface area contributed by atoms with Crippen molar-refractivity contribution in [1.29, 1.82) is 0 Å². The van der Waals surface area contributed by atoms with Crippen LogP contribution in [0.4, 0.5) is 4.79 Å². The summed E-state index contributed by atoms with van der Waals surface area (Å²) in [6, 6.07) is -0.450. The number of ether oxygens (including phenoxy) is 3. The lowest BCUT2D eigenvalue weighted by Gasteiger charge is -2.37. The van der Waals surface area contributed by atoms with Crippen molar-refractivity contribution in [2.45, 2.75) is 89.5 Å². The number of rotatable bonds is 4. The highest BCUT2D eigenvalue weighted by Gasteiger charge is 2.58. The normalized spacial score (nSPS) is 34.0. The second-order valence-corrected chi connectivity index (χ2v) is 14.3. The van der Waals surface area contributed by atoms with Crippen LogP contribution in [0.25, 0.3) is 0 Å². The Morgan fingerprint density at radius 3 is 2.44 bits per heavy atom. The van der Waals surface area contributed by atoms with Gasteiger partial charge in [-0.15, -0.1) is 0 Å². The van der Waals surface area contributed by atoms with E-state index >= 15 is 0 Å². The van der Waals surface area contributed by atoms with E-state index in [0.717, 1.165) is 0 Å². The summed E-state index contributed by atoms with van der Waals surface area (Å²) in [7, 11) is -1.95. The summed E-state index contributed by atoms with van der Waals surface area (Å²) in [5, 5.41) is 2.43. The molecule has 3 aliphatic heterocycles. The predicted octanol–water partition coefficient (Wildman–Crippen LogP) is 2.20. The second-order valence-electron chi connectivity index (χ2n) is 9.50. The van der Waals surface area contributed by atoms with Crippen molar-refractivity contribution in [3.8, 4) is 0 Å². The Balaban J connectivity index is 1.74. The van der Waals surface area contributed by atoms with Gasteiger partial charge in [-0.05, 0) is 32.0 Å². The Morgan fingerprint density at radius 2 is 1.85 bits per heavy atom. The van der Waals surface area contributed by atoms with Crippen LogP contribution in [-0.2, 0) is 23.4 Å². The highest BCUT2D eigenvalue weighted by molar-refractivity contribution is 6.74. The molecule has 0 spiro atoms. The molecule has 0 aromatic carbocycles. The smallest absolute Gasteiger partial charge is 0.326 e. The van der Waals surface area contributed by atoms with E-state index in [1.807, 2.05) is 13.8 Å². The van der Waals surface area contributed by atoms with Crippen LogP contribution in [0.5, 0.6) is 0 Å². The third kappa shape index (κ3) is 4.07. The van der Waals surface area contributed by atoms with Crippen molar-refractivity contribution < 1.29 is 28.2 Å². The molecule has 0 radical (unpaired) electrons. The molecule has 3 saturated heterocycles. The van der Waals surface area contributed by atoms with E-state index < -0.39 is 32.5 Å². The van der Waals surface area contributed by atoms with Crippen LogP contribution in [0.1, 0.15) is 41.0 Å². The van der Waals surface area contributed by atoms with Gasteiger partial charge in [-0.3, -0.25) is 15.0 Å². The van der Waals surface area contributed by atoms with Crippen LogP contribution < -0.4 is 5.32 Å². The van der Waals surface area contributed by atoms with Gasteiger partial charge in [0.15, 0.2) is 20.3 Å². The minimum Gasteiger partial charge on any atom is -0.414 e. The first kappa shape index (κ1) is 20.7. The van der Waals surface area contributed by atoms with Crippen LogP contribution in [0.3, 0.4) is 0 Å². The number of hydrogen-bond acceptors (Lipinski definition) is 6. The topological polar surface area (TPSA) is 86.3 Å². The predicted molar refractivity (Wildman–Crippen MR) is 100 cm³/mol. The SMILES string of the molecule is CC1(C)O[C@@H]2[C@H](O1)[C@@H](CO[Si](C)(C)C(C)(C)C)O[C@H]2N1CCC(=O)NC1=O. The maximum atomic E-state index is 12.3. The quantitative estimate of drug-likeness (QED) is 0.728. The fourth-order valence-corrected chi connectivity index (χ4v) is 4.38. The van der Waals surface area contributed by atoms with Gasteiger partial charge >= 0.3 is 6.03 Å². The third-order valence-electron chi connectivity index (χ3n) is 5.93. The Morgan fingerprint density at radius 1 is 1.22 bits per heavy atom. The van der Waals surface area contributed by atoms with Crippen molar-refractivity contribution >= 4 is 20.3 Å². The fourth-order valence-electron chi connectivity index (χ4n) is 3.37. The van der Waals surface area contributed by atoms with Crippen molar-refractivity contribution in [2.24, 2.45) is 0 Å². The van der Waals surface area contributed by atoms with E-state index in [1.54, 1.807) is 0 Å². The molecule has 3 amide bonds. The third-order valence-corrected chi connectivity index (χ3v) is 10.4. The maximum absolute atomic E-state index is 12.3. The second kappa shape index (κ2) is 6.80. The molecule has 3 rings (SSSR count). The monoisotopic (exact) mass is 400 g/mol. The highest BCUT2D eigenvalue weighted by Crippen LogP contribution is 2.42. The lowest BCUT2D eigenvalue weighted by molar-refractivity contribution is -0.204. The van der Waals surface area contributed by atoms with Crippen LogP contribution in [0.15, 0.2) is 0 Å². The Labute approximate surface area is 162 Å². The lowest BCUT2D eigenvalue weighted by atomic mass is 10.1. The molecular formula is C18H32N2O6Si. The summed E-state index contributed by atoms with van der Waals surface area (Å²) in [4.78, 5) is 25.3. The fraction of sp³-hybridized carbons (Fsp3) is 0.889.